The van der Waals surface area contributed by atoms with Gasteiger partial charge in [0, 0.05) is 16.1 Å². The van der Waals surface area contributed by atoms with Gasteiger partial charge in [0.2, 0.25) is 5.91 Å². The molecule has 0 aliphatic carbocycles. The molecule has 2 N–H and O–H groups in total. The van der Waals surface area contributed by atoms with Gasteiger partial charge in [-0.1, -0.05) is 48.0 Å². The van der Waals surface area contributed by atoms with Gasteiger partial charge in [0.15, 0.2) is 0 Å². The van der Waals surface area contributed by atoms with Crippen LogP contribution in [0.2, 0.25) is 0 Å². The van der Waals surface area contributed by atoms with Crippen molar-refractivity contribution >= 4 is 35.0 Å². The number of hydrogen-bond donors (Lipinski definition) is 2. The number of hydrogen-bond acceptors (Lipinski definition) is 4. The Hall–Kier alpha value is -3.38. The van der Waals surface area contributed by atoms with Crippen LogP contribution in [0, 0.1) is 6.92 Å². The molecule has 0 saturated carbocycles. The van der Waals surface area contributed by atoms with Gasteiger partial charge in [-0.2, -0.15) is 5.10 Å². The Balaban J connectivity index is 1.56. The van der Waals surface area contributed by atoms with Crippen molar-refractivity contribution in [2.24, 2.45) is 5.10 Å². The van der Waals surface area contributed by atoms with Crippen molar-refractivity contribution in [1.29, 1.82) is 0 Å². The lowest BCUT2D eigenvalue weighted by molar-refractivity contribution is -0.118. The van der Waals surface area contributed by atoms with Crippen molar-refractivity contribution in [1.82, 2.24) is 5.43 Å². The third-order valence-electron chi connectivity index (χ3n) is 4.31. The van der Waals surface area contributed by atoms with Gasteiger partial charge in [0.05, 0.1) is 11.5 Å². The van der Waals surface area contributed by atoms with Crippen LogP contribution in [0.15, 0.2) is 88.9 Å². The summed E-state index contributed by atoms with van der Waals surface area (Å²) in [5, 5.41) is 7.07. The number of nitrogens with zero attached hydrogens (tertiary/aromatic N) is 1. The van der Waals surface area contributed by atoms with Gasteiger partial charge < -0.3 is 5.32 Å². The van der Waals surface area contributed by atoms with E-state index in [1.54, 1.807) is 12.1 Å². The van der Waals surface area contributed by atoms with Crippen LogP contribution in [0.1, 0.15) is 28.4 Å². The molecule has 0 bridgehead atoms. The normalized spacial score (nSPS) is 11.1. The van der Waals surface area contributed by atoms with Crippen LogP contribution in [0.25, 0.3) is 0 Å². The highest BCUT2D eigenvalue weighted by molar-refractivity contribution is 8.00. The largest absolute Gasteiger partial charge is 0.322 e. The average Bonchev–Trinajstić information content (AvgIpc) is 2.78. The van der Waals surface area contributed by atoms with Crippen molar-refractivity contribution in [2.45, 2.75) is 18.7 Å². The first-order valence-electron chi connectivity index (χ1n) is 9.51. The maximum Gasteiger partial charge on any atom is 0.255 e. The highest BCUT2D eigenvalue weighted by Crippen LogP contribution is 2.18. The third kappa shape index (κ3) is 6.32. The fourth-order valence-corrected chi connectivity index (χ4v) is 3.33. The fraction of sp³-hybridized carbons (Fsp3) is 0.125. The predicted octanol–water partition coefficient (Wildman–Crippen LogP) is 4.88. The molecule has 0 heterocycles. The van der Waals surface area contributed by atoms with Gasteiger partial charge in [-0.05, 0) is 55.8 Å². The SMILES string of the molecule is C/C(=N\NC(=O)CSc1ccc(C)cc1)c1cccc(NC(=O)c2ccccc2)c1. The number of aryl methyl sites for hydroxylation is 1. The Labute approximate surface area is 180 Å². The zero-order valence-electron chi connectivity index (χ0n) is 16.9. The molecule has 0 unspecified atom stereocenters. The van der Waals surface area contributed by atoms with E-state index in [1.165, 1.54) is 17.3 Å². The molecule has 0 saturated heterocycles. The molecule has 0 radical (unpaired) electrons. The molecule has 0 atom stereocenters. The highest BCUT2D eigenvalue weighted by Gasteiger charge is 2.07. The van der Waals surface area contributed by atoms with Crippen molar-refractivity contribution in [3.63, 3.8) is 0 Å². The number of anilines is 1. The lowest BCUT2D eigenvalue weighted by Gasteiger charge is -2.08. The number of benzene rings is 3. The molecule has 30 heavy (non-hydrogen) atoms. The second kappa shape index (κ2) is 10.4. The molecule has 3 aromatic carbocycles. The lowest BCUT2D eigenvalue weighted by atomic mass is 10.1. The van der Waals surface area contributed by atoms with Gasteiger partial charge in [-0.25, -0.2) is 5.43 Å². The third-order valence-corrected chi connectivity index (χ3v) is 5.33. The molecule has 6 heteroatoms. The van der Waals surface area contributed by atoms with Crippen LogP contribution < -0.4 is 10.7 Å². The summed E-state index contributed by atoms with van der Waals surface area (Å²) in [5.41, 5.74) is 6.49. The second-order valence-corrected chi connectivity index (χ2v) is 7.78. The second-order valence-electron chi connectivity index (χ2n) is 6.73. The Kier molecular flexibility index (Phi) is 7.40. The van der Waals surface area contributed by atoms with E-state index in [2.05, 4.69) is 15.8 Å². The van der Waals surface area contributed by atoms with Crippen molar-refractivity contribution in [3.8, 4) is 0 Å². The Bertz CT molecular complexity index is 1050. The average molecular weight is 418 g/mol. The van der Waals surface area contributed by atoms with Crippen LogP contribution in [-0.4, -0.2) is 23.3 Å². The molecule has 0 fully saturated rings. The van der Waals surface area contributed by atoms with E-state index < -0.39 is 0 Å². The molecule has 0 aliphatic rings. The maximum atomic E-state index is 12.3. The minimum Gasteiger partial charge on any atom is -0.322 e. The van der Waals surface area contributed by atoms with E-state index in [-0.39, 0.29) is 17.6 Å². The van der Waals surface area contributed by atoms with Crippen molar-refractivity contribution < 1.29 is 9.59 Å². The molecule has 0 spiro atoms. The van der Waals surface area contributed by atoms with Crippen molar-refractivity contribution in [2.75, 3.05) is 11.1 Å². The number of thioether (sulfide) groups is 1. The molecule has 152 valence electrons. The molecular formula is C24H23N3O2S. The van der Waals surface area contributed by atoms with E-state index in [9.17, 15) is 9.59 Å². The van der Waals surface area contributed by atoms with E-state index in [0.717, 1.165) is 10.5 Å². The van der Waals surface area contributed by atoms with Gasteiger partial charge in [-0.15, -0.1) is 11.8 Å². The van der Waals surface area contributed by atoms with Crippen LogP contribution >= 0.6 is 11.8 Å². The summed E-state index contributed by atoms with van der Waals surface area (Å²) >= 11 is 1.46. The number of amides is 2. The van der Waals surface area contributed by atoms with Gasteiger partial charge in [0.1, 0.15) is 0 Å². The number of rotatable bonds is 7. The Morgan fingerprint density at radius 3 is 2.33 bits per heavy atom. The summed E-state index contributed by atoms with van der Waals surface area (Å²) in [7, 11) is 0. The van der Waals surface area contributed by atoms with Crippen LogP contribution in [0.4, 0.5) is 5.69 Å². The molecule has 3 aromatic rings. The number of carbonyl (C=O) groups is 2. The van der Waals surface area contributed by atoms with Crippen LogP contribution in [0.3, 0.4) is 0 Å². The van der Waals surface area contributed by atoms with E-state index in [0.29, 0.717) is 17.0 Å². The summed E-state index contributed by atoms with van der Waals surface area (Å²) in [6.45, 7) is 3.84. The topological polar surface area (TPSA) is 70.6 Å². The lowest BCUT2D eigenvalue weighted by Crippen LogP contribution is -2.21. The molecule has 0 aromatic heterocycles. The summed E-state index contributed by atoms with van der Waals surface area (Å²) in [6, 6.07) is 24.4. The van der Waals surface area contributed by atoms with Crippen LogP contribution in [0.5, 0.6) is 0 Å². The standard InChI is InChI=1S/C24H23N3O2S/c1-17-11-13-22(14-12-17)30-16-23(28)27-26-18(2)20-9-6-10-21(15-20)25-24(29)19-7-4-3-5-8-19/h3-15H,16H2,1-2H3,(H,25,29)(H,27,28)/b26-18+. The molecule has 5 nitrogen and oxygen atoms in total. The molecule has 2 amide bonds. The summed E-state index contributed by atoms with van der Waals surface area (Å²) in [4.78, 5) is 25.4. The van der Waals surface area contributed by atoms with Gasteiger partial charge in [0.25, 0.3) is 5.91 Å². The zero-order chi connectivity index (χ0) is 21.3. The van der Waals surface area contributed by atoms with E-state index >= 15 is 0 Å². The minimum absolute atomic E-state index is 0.173. The first-order valence-corrected chi connectivity index (χ1v) is 10.5. The van der Waals surface area contributed by atoms with Gasteiger partial charge >= 0.3 is 0 Å². The number of hydrazone groups is 1. The molecule has 3 rings (SSSR count). The summed E-state index contributed by atoms with van der Waals surface area (Å²) in [5.74, 6) is -0.0650. The molecule has 0 aliphatic heterocycles. The van der Waals surface area contributed by atoms with E-state index in [4.69, 9.17) is 0 Å². The highest BCUT2D eigenvalue weighted by atomic mass is 32.2. The van der Waals surface area contributed by atoms with E-state index in [1.807, 2.05) is 80.6 Å². The number of carbonyl (C=O) groups excluding carboxylic acids is 2. The molecular weight excluding hydrogens is 394 g/mol. The smallest absolute Gasteiger partial charge is 0.255 e. The maximum absolute atomic E-state index is 12.3. The van der Waals surface area contributed by atoms with Gasteiger partial charge in [-0.3, -0.25) is 9.59 Å². The monoisotopic (exact) mass is 417 g/mol. The Morgan fingerprint density at radius 2 is 1.60 bits per heavy atom. The van der Waals surface area contributed by atoms with Crippen LogP contribution in [-0.2, 0) is 4.79 Å². The predicted molar refractivity (Wildman–Crippen MR) is 123 cm³/mol. The fourth-order valence-electron chi connectivity index (χ4n) is 2.64. The first kappa shape index (κ1) is 21.3. The van der Waals surface area contributed by atoms with Crippen molar-refractivity contribution in [3.05, 3.63) is 95.6 Å². The first-order chi connectivity index (χ1) is 14.5. The number of nitrogens with one attached hydrogen (secondary N) is 2. The summed E-state index contributed by atoms with van der Waals surface area (Å²) in [6.07, 6.45) is 0. The summed E-state index contributed by atoms with van der Waals surface area (Å²) < 4.78 is 0. The zero-order valence-corrected chi connectivity index (χ0v) is 17.7. The Morgan fingerprint density at radius 1 is 0.900 bits per heavy atom. The minimum atomic E-state index is -0.177. The quantitative estimate of drug-likeness (QED) is 0.327.